The molecule has 1 aromatic rings. The van der Waals surface area contributed by atoms with Gasteiger partial charge in [-0.1, -0.05) is 25.1 Å². The topological polar surface area (TPSA) is 37.4 Å². The number of sulfone groups is 1. The molecule has 2 aliphatic heterocycles. The van der Waals surface area contributed by atoms with Crippen LogP contribution in [0.25, 0.3) is 5.70 Å². The van der Waals surface area contributed by atoms with Gasteiger partial charge in [-0.3, -0.25) is 0 Å². The standard InChI is InChI=1S/C14H17NO2S/c1-11-6-8-15(9-7-11)13-10-18(16,17)14-5-3-2-4-12(13)14/h2-5,10-11H,6-9H2,1H3. The van der Waals surface area contributed by atoms with Crippen molar-refractivity contribution in [1.82, 2.24) is 4.90 Å². The van der Waals surface area contributed by atoms with Crippen molar-refractivity contribution in [1.29, 1.82) is 0 Å². The van der Waals surface area contributed by atoms with Crippen molar-refractivity contribution < 1.29 is 8.42 Å². The summed E-state index contributed by atoms with van der Waals surface area (Å²) in [4.78, 5) is 2.67. The van der Waals surface area contributed by atoms with E-state index in [-0.39, 0.29) is 0 Å². The van der Waals surface area contributed by atoms with Gasteiger partial charge in [0.05, 0.1) is 16.0 Å². The van der Waals surface area contributed by atoms with Gasteiger partial charge in [-0.25, -0.2) is 8.42 Å². The van der Waals surface area contributed by atoms with Gasteiger partial charge < -0.3 is 4.90 Å². The molecule has 1 aromatic carbocycles. The number of hydrogen-bond donors (Lipinski definition) is 0. The molecule has 0 atom stereocenters. The lowest BCUT2D eigenvalue weighted by molar-refractivity contribution is 0.268. The van der Waals surface area contributed by atoms with E-state index in [1.807, 2.05) is 12.1 Å². The molecule has 18 heavy (non-hydrogen) atoms. The minimum absolute atomic E-state index is 0.457. The molecule has 2 aliphatic rings. The van der Waals surface area contributed by atoms with Crippen LogP contribution < -0.4 is 0 Å². The SMILES string of the molecule is CC1CCN(C2=CS(=O)(=O)c3ccccc32)CC1. The maximum atomic E-state index is 12.1. The monoisotopic (exact) mass is 263 g/mol. The van der Waals surface area contributed by atoms with E-state index in [2.05, 4.69) is 11.8 Å². The Balaban J connectivity index is 1.99. The summed E-state index contributed by atoms with van der Waals surface area (Å²) < 4.78 is 24.1. The molecule has 0 aliphatic carbocycles. The molecule has 2 heterocycles. The third-order valence-corrected chi connectivity index (χ3v) is 5.36. The van der Waals surface area contributed by atoms with E-state index in [0.29, 0.717) is 4.90 Å². The molecular formula is C14H17NO2S. The molecule has 3 rings (SSSR count). The molecule has 1 fully saturated rings. The van der Waals surface area contributed by atoms with Gasteiger partial charge in [0.15, 0.2) is 0 Å². The van der Waals surface area contributed by atoms with Crippen molar-refractivity contribution in [2.24, 2.45) is 5.92 Å². The Hall–Kier alpha value is -1.29. The Kier molecular flexibility index (Phi) is 2.70. The molecule has 0 radical (unpaired) electrons. The molecule has 3 nitrogen and oxygen atoms in total. The Morgan fingerprint density at radius 3 is 2.56 bits per heavy atom. The highest BCUT2D eigenvalue weighted by atomic mass is 32.2. The summed E-state index contributed by atoms with van der Waals surface area (Å²) in [5, 5.41) is 1.44. The third kappa shape index (κ3) is 1.85. The van der Waals surface area contributed by atoms with E-state index >= 15 is 0 Å². The maximum absolute atomic E-state index is 12.1. The summed E-state index contributed by atoms with van der Waals surface area (Å²) in [6.07, 6.45) is 2.28. The Labute approximate surface area is 108 Å². The highest BCUT2D eigenvalue weighted by molar-refractivity contribution is 7.94. The van der Waals surface area contributed by atoms with Gasteiger partial charge in [0.25, 0.3) is 0 Å². The summed E-state index contributed by atoms with van der Waals surface area (Å²) in [6.45, 7) is 4.17. The van der Waals surface area contributed by atoms with Crippen LogP contribution in [0.15, 0.2) is 34.6 Å². The normalized spacial score (nSPS) is 22.7. The first-order valence-electron chi connectivity index (χ1n) is 6.39. The summed E-state index contributed by atoms with van der Waals surface area (Å²) in [5.74, 6) is 0.745. The Morgan fingerprint density at radius 2 is 1.83 bits per heavy atom. The van der Waals surface area contributed by atoms with E-state index in [0.717, 1.165) is 43.1 Å². The fraction of sp³-hybridized carbons (Fsp3) is 0.429. The summed E-state index contributed by atoms with van der Waals surface area (Å²) in [5.41, 5.74) is 1.75. The van der Waals surface area contributed by atoms with Crippen molar-refractivity contribution >= 4 is 15.5 Å². The molecule has 0 unspecified atom stereocenters. The van der Waals surface area contributed by atoms with E-state index in [1.165, 1.54) is 5.41 Å². The van der Waals surface area contributed by atoms with Gasteiger partial charge >= 0.3 is 0 Å². The maximum Gasteiger partial charge on any atom is 0.202 e. The zero-order chi connectivity index (χ0) is 12.8. The van der Waals surface area contributed by atoms with Crippen LogP contribution in [0.3, 0.4) is 0 Å². The fourth-order valence-corrected chi connectivity index (χ4v) is 4.14. The molecule has 96 valence electrons. The number of piperidine rings is 1. The van der Waals surface area contributed by atoms with Crippen molar-refractivity contribution in [3.05, 3.63) is 35.2 Å². The number of nitrogens with zero attached hydrogens (tertiary/aromatic N) is 1. The molecule has 4 heteroatoms. The van der Waals surface area contributed by atoms with Crippen molar-refractivity contribution in [3.8, 4) is 0 Å². The van der Waals surface area contributed by atoms with Gasteiger partial charge in [-0.2, -0.15) is 0 Å². The van der Waals surface area contributed by atoms with Crippen molar-refractivity contribution in [2.45, 2.75) is 24.7 Å². The quantitative estimate of drug-likeness (QED) is 0.781. The minimum Gasteiger partial charge on any atom is -0.370 e. The van der Waals surface area contributed by atoms with Crippen LogP contribution >= 0.6 is 0 Å². The van der Waals surface area contributed by atoms with Gasteiger partial charge in [-0.15, -0.1) is 0 Å². The van der Waals surface area contributed by atoms with Crippen LogP contribution in [0.5, 0.6) is 0 Å². The number of fused-ring (bicyclic) bond motifs is 1. The van der Waals surface area contributed by atoms with E-state index in [4.69, 9.17) is 0 Å². The van der Waals surface area contributed by atoms with Crippen LogP contribution in [-0.2, 0) is 9.84 Å². The lowest BCUT2D eigenvalue weighted by Crippen LogP contribution is -2.31. The predicted molar refractivity (Wildman–Crippen MR) is 71.6 cm³/mol. The van der Waals surface area contributed by atoms with Gasteiger partial charge in [0, 0.05) is 18.7 Å². The molecule has 0 spiro atoms. The molecule has 0 N–H and O–H groups in total. The van der Waals surface area contributed by atoms with Crippen molar-refractivity contribution in [3.63, 3.8) is 0 Å². The highest BCUT2D eigenvalue weighted by Gasteiger charge is 2.30. The van der Waals surface area contributed by atoms with Gasteiger partial charge in [0.2, 0.25) is 9.84 Å². The van der Waals surface area contributed by atoms with Gasteiger partial charge in [-0.05, 0) is 24.8 Å². The molecule has 1 saturated heterocycles. The molecule has 0 amide bonds. The summed E-state index contributed by atoms with van der Waals surface area (Å²) >= 11 is 0. The first-order valence-corrected chi connectivity index (χ1v) is 7.94. The zero-order valence-electron chi connectivity index (χ0n) is 10.5. The number of rotatable bonds is 1. The van der Waals surface area contributed by atoms with Crippen LogP contribution in [0, 0.1) is 5.92 Å². The second-order valence-corrected chi connectivity index (χ2v) is 6.98. The lowest BCUT2D eigenvalue weighted by atomic mass is 9.98. The molecular weight excluding hydrogens is 246 g/mol. The molecule has 0 saturated carbocycles. The Bertz CT molecular complexity index is 596. The number of likely N-dealkylation sites (tertiary alicyclic amines) is 1. The smallest absolute Gasteiger partial charge is 0.202 e. The fourth-order valence-electron chi connectivity index (χ4n) is 2.69. The van der Waals surface area contributed by atoms with E-state index in [9.17, 15) is 8.42 Å². The average molecular weight is 263 g/mol. The van der Waals surface area contributed by atoms with Crippen LogP contribution in [-0.4, -0.2) is 26.4 Å². The first kappa shape index (κ1) is 11.8. The van der Waals surface area contributed by atoms with E-state index in [1.54, 1.807) is 12.1 Å². The largest absolute Gasteiger partial charge is 0.370 e. The van der Waals surface area contributed by atoms with Crippen LogP contribution in [0.1, 0.15) is 25.3 Å². The van der Waals surface area contributed by atoms with Gasteiger partial charge in [0.1, 0.15) is 0 Å². The van der Waals surface area contributed by atoms with Crippen LogP contribution in [0.2, 0.25) is 0 Å². The molecule has 0 bridgehead atoms. The first-order chi connectivity index (χ1) is 8.58. The second-order valence-electron chi connectivity index (χ2n) is 5.21. The number of hydrogen-bond acceptors (Lipinski definition) is 3. The predicted octanol–water partition coefficient (Wildman–Crippen LogP) is 2.50. The minimum atomic E-state index is -3.22. The average Bonchev–Trinajstić information content (AvgIpc) is 2.63. The van der Waals surface area contributed by atoms with E-state index < -0.39 is 9.84 Å². The summed E-state index contributed by atoms with van der Waals surface area (Å²) in [7, 11) is -3.22. The van der Waals surface area contributed by atoms with Crippen molar-refractivity contribution in [2.75, 3.05) is 13.1 Å². The Morgan fingerprint density at radius 1 is 1.17 bits per heavy atom. The lowest BCUT2D eigenvalue weighted by Gasteiger charge is -2.33. The zero-order valence-corrected chi connectivity index (χ0v) is 11.3. The second kappa shape index (κ2) is 4.12. The number of benzene rings is 1. The highest BCUT2D eigenvalue weighted by Crippen LogP contribution is 2.36. The summed E-state index contributed by atoms with van der Waals surface area (Å²) in [6, 6.07) is 7.29. The molecule has 0 aromatic heterocycles. The third-order valence-electron chi connectivity index (χ3n) is 3.86. The van der Waals surface area contributed by atoms with Crippen LogP contribution in [0.4, 0.5) is 0 Å².